The van der Waals surface area contributed by atoms with Crippen LogP contribution in [0.1, 0.15) is 36.9 Å². The van der Waals surface area contributed by atoms with Crippen molar-refractivity contribution in [3.05, 3.63) is 69.9 Å². The molecule has 3 aromatic rings. The first-order valence-electron chi connectivity index (χ1n) is 8.43. The molecule has 128 valence electrons. The smallest absolute Gasteiger partial charge is 0.114 e. The lowest BCUT2D eigenvalue weighted by Gasteiger charge is -2.10. The Kier molecular flexibility index (Phi) is 5.03. The Morgan fingerprint density at radius 3 is 2.64 bits per heavy atom. The highest BCUT2D eigenvalue weighted by molar-refractivity contribution is 5.79. The zero-order valence-corrected chi connectivity index (χ0v) is 14.4. The molecule has 1 N–H and O–H groups in total. The molecular formula is C19H21N5O. The second kappa shape index (κ2) is 7.38. The van der Waals surface area contributed by atoms with Gasteiger partial charge in [-0.05, 0) is 54.3 Å². The number of rotatable bonds is 6. The molecule has 0 aliphatic carbocycles. The van der Waals surface area contributed by atoms with E-state index in [0.29, 0.717) is 6.54 Å². The summed E-state index contributed by atoms with van der Waals surface area (Å²) >= 11 is 0. The molecule has 0 fully saturated rings. The molecule has 25 heavy (non-hydrogen) atoms. The average molecular weight is 335 g/mol. The van der Waals surface area contributed by atoms with Crippen LogP contribution < -0.4 is 0 Å². The fourth-order valence-electron chi connectivity index (χ4n) is 2.97. The summed E-state index contributed by atoms with van der Waals surface area (Å²) in [5.41, 5.74) is 13.3. The van der Waals surface area contributed by atoms with Crippen LogP contribution in [0.5, 0.6) is 0 Å². The van der Waals surface area contributed by atoms with Crippen LogP contribution in [0.4, 0.5) is 0 Å². The van der Waals surface area contributed by atoms with Crippen LogP contribution in [-0.2, 0) is 12.8 Å². The maximum absolute atomic E-state index is 9.79. The first-order valence-corrected chi connectivity index (χ1v) is 8.43. The van der Waals surface area contributed by atoms with Gasteiger partial charge in [0.05, 0.1) is 17.1 Å². The van der Waals surface area contributed by atoms with Crippen LogP contribution in [0.25, 0.3) is 27.2 Å². The molecule has 0 aliphatic heterocycles. The molecule has 6 nitrogen and oxygen atoms in total. The Bertz CT molecular complexity index is 921. The summed E-state index contributed by atoms with van der Waals surface area (Å²) < 4.78 is 2.15. The monoisotopic (exact) mass is 335 g/mol. The van der Waals surface area contributed by atoms with Crippen molar-refractivity contribution >= 4 is 11.0 Å². The Morgan fingerprint density at radius 1 is 1.24 bits per heavy atom. The van der Waals surface area contributed by atoms with Gasteiger partial charge in [-0.25, -0.2) is 4.98 Å². The number of hydrogen-bond acceptors (Lipinski definition) is 3. The van der Waals surface area contributed by atoms with E-state index in [4.69, 9.17) is 10.5 Å². The fourth-order valence-corrected chi connectivity index (χ4v) is 2.97. The van der Waals surface area contributed by atoms with Gasteiger partial charge in [0.2, 0.25) is 0 Å². The Balaban J connectivity index is 2.00. The molecule has 1 atom stereocenters. The standard InChI is InChI=1S/C19H21N5O/c1-3-19-22-17-12-15(13(2)25)6-9-18(17)24(19)16-7-4-14(5-8-16)10-11-21-23-20/h4-9,12-13,25H,3,10-11H2,1-2H3. The van der Waals surface area contributed by atoms with Crippen molar-refractivity contribution in [3.63, 3.8) is 0 Å². The SMILES string of the molecule is CCc1nc2cc(C(C)O)ccc2n1-c1ccc(CCN=[N+]=[N-])cc1. The summed E-state index contributed by atoms with van der Waals surface area (Å²) in [6.07, 6.45) is 1.04. The number of imidazole rings is 1. The highest BCUT2D eigenvalue weighted by Gasteiger charge is 2.13. The zero-order valence-electron chi connectivity index (χ0n) is 14.4. The van der Waals surface area contributed by atoms with Crippen molar-refractivity contribution < 1.29 is 5.11 Å². The van der Waals surface area contributed by atoms with Gasteiger partial charge in [0.25, 0.3) is 0 Å². The number of fused-ring (bicyclic) bond motifs is 1. The van der Waals surface area contributed by atoms with Gasteiger partial charge in [-0.2, -0.15) is 0 Å². The minimum absolute atomic E-state index is 0.464. The third-order valence-electron chi connectivity index (χ3n) is 4.30. The van der Waals surface area contributed by atoms with Crippen LogP contribution in [0, 0.1) is 0 Å². The lowest BCUT2D eigenvalue weighted by Crippen LogP contribution is -2.00. The summed E-state index contributed by atoms with van der Waals surface area (Å²) in [6.45, 7) is 4.31. The lowest BCUT2D eigenvalue weighted by molar-refractivity contribution is 0.199. The van der Waals surface area contributed by atoms with E-state index >= 15 is 0 Å². The molecule has 1 aromatic heterocycles. The number of azide groups is 1. The number of nitrogens with zero attached hydrogens (tertiary/aromatic N) is 5. The van der Waals surface area contributed by atoms with E-state index in [9.17, 15) is 5.11 Å². The Labute approximate surface area is 146 Å². The normalized spacial score (nSPS) is 12.1. The molecule has 1 heterocycles. The molecule has 0 bridgehead atoms. The number of aryl methyl sites for hydroxylation is 1. The van der Waals surface area contributed by atoms with Gasteiger partial charge >= 0.3 is 0 Å². The van der Waals surface area contributed by atoms with Crippen LogP contribution in [0.3, 0.4) is 0 Å². The molecule has 0 radical (unpaired) electrons. The first kappa shape index (κ1) is 17.0. The third-order valence-corrected chi connectivity index (χ3v) is 4.30. The van der Waals surface area contributed by atoms with Crippen molar-refractivity contribution in [3.8, 4) is 5.69 Å². The summed E-state index contributed by atoms with van der Waals surface area (Å²) in [7, 11) is 0. The van der Waals surface area contributed by atoms with Gasteiger partial charge < -0.3 is 5.11 Å². The molecule has 0 spiro atoms. The van der Waals surface area contributed by atoms with E-state index in [-0.39, 0.29) is 0 Å². The van der Waals surface area contributed by atoms with Crippen molar-refractivity contribution in [1.29, 1.82) is 0 Å². The predicted molar refractivity (Wildman–Crippen MR) is 98.8 cm³/mol. The van der Waals surface area contributed by atoms with Crippen LogP contribution in [0.15, 0.2) is 47.6 Å². The molecule has 6 heteroatoms. The van der Waals surface area contributed by atoms with E-state index < -0.39 is 6.10 Å². The maximum atomic E-state index is 9.79. The van der Waals surface area contributed by atoms with Crippen LogP contribution in [-0.4, -0.2) is 21.2 Å². The van der Waals surface area contributed by atoms with E-state index in [1.54, 1.807) is 6.92 Å². The van der Waals surface area contributed by atoms with E-state index in [1.807, 2.05) is 18.2 Å². The fraction of sp³-hybridized carbons (Fsp3) is 0.316. The van der Waals surface area contributed by atoms with Gasteiger partial charge in [-0.1, -0.05) is 30.2 Å². The van der Waals surface area contributed by atoms with E-state index in [0.717, 1.165) is 46.5 Å². The minimum Gasteiger partial charge on any atom is -0.389 e. The Hall–Kier alpha value is -2.82. The summed E-state index contributed by atoms with van der Waals surface area (Å²) in [5, 5.41) is 13.4. The second-order valence-electron chi connectivity index (χ2n) is 6.01. The molecule has 1 unspecified atom stereocenters. The van der Waals surface area contributed by atoms with Crippen molar-refractivity contribution in [2.45, 2.75) is 32.8 Å². The van der Waals surface area contributed by atoms with E-state index in [2.05, 4.69) is 45.8 Å². The number of aromatic nitrogens is 2. The number of aliphatic hydroxyl groups excluding tert-OH is 1. The summed E-state index contributed by atoms with van der Waals surface area (Å²) in [5.74, 6) is 0.986. The molecular weight excluding hydrogens is 314 g/mol. The van der Waals surface area contributed by atoms with Gasteiger partial charge in [0.1, 0.15) is 5.82 Å². The van der Waals surface area contributed by atoms with Crippen molar-refractivity contribution in [2.24, 2.45) is 5.11 Å². The average Bonchev–Trinajstić information content (AvgIpc) is 3.00. The third kappa shape index (κ3) is 3.50. The van der Waals surface area contributed by atoms with E-state index in [1.165, 1.54) is 0 Å². The Morgan fingerprint density at radius 2 is 2.00 bits per heavy atom. The quantitative estimate of drug-likeness (QED) is 0.408. The van der Waals surface area contributed by atoms with Crippen LogP contribution >= 0.6 is 0 Å². The molecule has 2 aromatic carbocycles. The lowest BCUT2D eigenvalue weighted by atomic mass is 10.1. The predicted octanol–water partition coefficient (Wildman–Crippen LogP) is 4.49. The highest BCUT2D eigenvalue weighted by Crippen LogP contribution is 2.25. The zero-order chi connectivity index (χ0) is 17.8. The number of hydrogen-bond donors (Lipinski definition) is 1. The molecule has 0 saturated carbocycles. The largest absolute Gasteiger partial charge is 0.389 e. The van der Waals surface area contributed by atoms with Gasteiger partial charge in [-0.15, -0.1) is 0 Å². The summed E-state index contributed by atoms with van der Waals surface area (Å²) in [4.78, 5) is 7.51. The number of benzene rings is 2. The molecule has 0 amide bonds. The van der Waals surface area contributed by atoms with Crippen LogP contribution in [0.2, 0.25) is 0 Å². The van der Waals surface area contributed by atoms with Gasteiger partial charge in [0, 0.05) is 23.6 Å². The molecule has 3 rings (SSSR count). The minimum atomic E-state index is -0.505. The topological polar surface area (TPSA) is 86.8 Å². The highest BCUT2D eigenvalue weighted by atomic mass is 16.3. The van der Waals surface area contributed by atoms with Crippen molar-refractivity contribution in [1.82, 2.24) is 9.55 Å². The van der Waals surface area contributed by atoms with Gasteiger partial charge in [-0.3, -0.25) is 4.57 Å². The maximum Gasteiger partial charge on any atom is 0.114 e. The van der Waals surface area contributed by atoms with Gasteiger partial charge in [0.15, 0.2) is 0 Å². The first-order chi connectivity index (χ1) is 12.1. The number of aliphatic hydroxyl groups is 1. The second-order valence-corrected chi connectivity index (χ2v) is 6.01. The van der Waals surface area contributed by atoms with Crippen molar-refractivity contribution in [2.75, 3.05) is 6.54 Å². The molecule has 0 saturated heterocycles. The summed E-state index contributed by atoms with van der Waals surface area (Å²) in [6, 6.07) is 14.1. The molecule has 0 aliphatic rings.